The third kappa shape index (κ3) is 4.38. The maximum Gasteiger partial charge on any atom is 0.433 e. The molecule has 37 heavy (non-hydrogen) atoms. The van der Waals surface area contributed by atoms with E-state index in [0.717, 1.165) is 34.4 Å². The van der Waals surface area contributed by atoms with Crippen molar-refractivity contribution in [3.8, 4) is 0 Å². The highest BCUT2D eigenvalue weighted by Crippen LogP contribution is 2.42. The summed E-state index contributed by atoms with van der Waals surface area (Å²) in [6, 6.07) is 10.5. The summed E-state index contributed by atoms with van der Waals surface area (Å²) in [5.41, 5.74) is 2.44. The Morgan fingerprint density at radius 1 is 1.03 bits per heavy atom. The van der Waals surface area contributed by atoms with Crippen LogP contribution in [0.4, 0.5) is 29.2 Å². The molecular formula is C26H22ClF4N5O. The maximum atomic E-state index is 15.8. The molecule has 2 aromatic heterocycles. The number of hydrogen-bond donors (Lipinski definition) is 1. The summed E-state index contributed by atoms with van der Waals surface area (Å²) in [7, 11) is 0. The molecule has 2 aliphatic heterocycles. The molecule has 4 aromatic rings. The van der Waals surface area contributed by atoms with E-state index in [1.165, 1.54) is 6.07 Å². The Morgan fingerprint density at radius 3 is 2.59 bits per heavy atom. The van der Waals surface area contributed by atoms with Crippen LogP contribution in [-0.2, 0) is 17.3 Å². The second kappa shape index (κ2) is 9.18. The summed E-state index contributed by atoms with van der Waals surface area (Å²) in [5.74, 6) is -0.575. The van der Waals surface area contributed by atoms with Crippen molar-refractivity contribution in [1.29, 1.82) is 0 Å². The summed E-state index contributed by atoms with van der Waals surface area (Å²) >= 11 is 6.25. The Balaban J connectivity index is 1.49. The summed E-state index contributed by atoms with van der Waals surface area (Å²) in [6.07, 6.45) is -3.04. The number of nitrogens with one attached hydrogen (secondary N) is 1. The molecule has 6 rings (SSSR count). The third-order valence-electron chi connectivity index (χ3n) is 6.93. The minimum atomic E-state index is -4.63. The van der Waals surface area contributed by atoms with Crippen molar-refractivity contribution in [3.05, 3.63) is 82.0 Å². The first-order valence-electron chi connectivity index (χ1n) is 11.9. The van der Waals surface area contributed by atoms with E-state index in [-0.39, 0.29) is 5.95 Å². The van der Waals surface area contributed by atoms with Gasteiger partial charge < -0.3 is 19.5 Å². The molecule has 2 aromatic carbocycles. The summed E-state index contributed by atoms with van der Waals surface area (Å²) in [5, 5.41) is 1.47. The minimum Gasteiger partial charge on any atom is -0.378 e. The number of fused-ring (bicyclic) bond motifs is 3. The molecule has 6 nitrogen and oxygen atoms in total. The van der Waals surface area contributed by atoms with Crippen LogP contribution in [0.3, 0.4) is 0 Å². The van der Waals surface area contributed by atoms with E-state index < -0.39 is 23.7 Å². The fourth-order valence-corrected chi connectivity index (χ4v) is 5.37. The molecule has 0 radical (unpaired) electrons. The first-order valence-corrected chi connectivity index (χ1v) is 12.3. The van der Waals surface area contributed by atoms with Crippen molar-refractivity contribution in [2.45, 2.75) is 18.6 Å². The zero-order valence-corrected chi connectivity index (χ0v) is 20.3. The number of alkyl halides is 3. The highest BCUT2D eigenvalue weighted by molar-refractivity contribution is 6.31. The third-order valence-corrected chi connectivity index (χ3v) is 7.17. The van der Waals surface area contributed by atoms with Crippen LogP contribution in [0.15, 0.2) is 48.7 Å². The minimum absolute atomic E-state index is 0.112. The molecule has 0 aliphatic carbocycles. The molecule has 2 aliphatic rings. The number of rotatable bonds is 3. The van der Waals surface area contributed by atoms with Crippen LogP contribution in [0, 0.1) is 5.82 Å². The van der Waals surface area contributed by atoms with E-state index in [0.29, 0.717) is 55.5 Å². The predicted octanol–water partition coefficient (Wildman–Crippen LogP) is 5.76. The summed E-state index contributed by atoms with van der Waals surface area (Å²) in [6.45, 7) is 2.73. The van der Waals surface area contributed by atoms with Gasteiger partial charge in [-0.25, -0.2) is 14.4 Å². The zero-order valence-electron chi connectivity index (χ0n) is 19.5. The topological polar surface area (TPSA) is 57.3 Å². The number of halogens is 5. The number of morpholine rings is 1. The number of hydrogen-bond acceptors (Lipinski definition) is 5. The van der Waals surface area contributed by atoms with Gasteiger partial charge in [0.15, 0.2) is 0 Å². The van der Waals surface area contributed by atoms with Crippen molar-refractivity contribution in [3.63, 3.8) is 0 Å². The van der Waals surface area contributed by atoms with Gasteiger partial charge in [-0.3, -0.25) is 0 Å². The number of aromatic amines is 1. The van der Waals surface area contributed by atoms with Crippen molar-refractivity contribution in [2.24, 2.45) is 0 Å². The molecule has 4 heterocycles. The first-order chi connectivity index (χ1) is 17.8. The van der Waals surface area contributed by atoms with E-state index in [4.69, 9.17) is 16.3 Å². The summed E-state index contributed by atoms with van der Waals surface area (Å²) in [4.78, 5) is 15.0. The molecule has 0 bridgehead atoms. The van der Waals surface area contributed by atoms with Crippen molar-refractivity contribution >= 4 is 34.1 Å². The molecule has 1 N–H and O–H groups in total. The van der Waals surface area contributed by atoms with E-state index >= 15 is 4.39 Å². The lowest BCUT2D eigenvalue weighted by Gasteiger charge is -2.37. The van der Waals surface area contributed by atoms with E-state index in [1.54, 1.807) is 17.0 Å². The number of benzene rings is 2. The fourth-order valence-electron chi connectivity index (χ4n) is 5.20. The van der Waals surface area contributed by atoms with Gasteiger partial charge >= 0.3 is 6.18 Å². The smallest absolute Gasteiger partial charge is 0.378 e. The van der Waals surface area contributed by atoms with Crippen LogP contribution in [-0.4, -0.2) is 47.8 Å². The van der Waals surface area contributed by atoms with Gasteiger partial charge in [-0.05, 0) is 48.4 Å². The van der Waals surface area contributed by atoms with Crippen LogP contribution in [0.2, 0.25) is 5.02 Å². The molecule has 192 valence electrons. The predicted molar refractivity (Wildman–Crippen MR) is 133 cm³/mol. The standard InChI is InChI=1S/C26H22ClF4N5O/c27-15-1-4-21-19(13-15)17-6-8-36(25-32-7-5-22(34-25)26(29,30)31)24(23(17)33-21)18-3-2-16(14-20(18)28)35-9-11-37-12-10-35/h1-5,7,13-14,24,33H,6,8-12H2. The lowest BCUT2D eigenvalue weighted by Crippen LogP contribution is -2.38. The number of aromatic nitrogens is 3. The van der Waals surface area contributed by atoms with Gasteiger partial charge in [0.25, 0.3) is 0 Å². The average molecular weight is 532 g/mol. The molecule has 11 heteroatoms. The molecule has 1 unspecified atom stereocenters. The quantitative estimate of drug-likeness (QED) is 0.341. The molecule has 1 saturated heterocycles. The molecule has 0 saturated carbocycles. The summed E-state index contributed by atoms with van der Waals surface area (Å²) < 4.78 is 61.6. The molecule has 1 atom stereocenters. The molecule has 0 spiro atoms. The van der Waals surface area contributed by atoms with Crippen LogP contribution in [0.25, 0.3) is 10.9 Å². The van der Waals surface area contributed by atoms with Crippen molar-refractivity contribution in [1.82, 2.24) is 15.0 Å². The van der Waals surface area contributed by atoms with Crippen LogP contribution < -0.4 is 9.80 Å². The molecular weight excluding hydrogens is 510 g/mol. The van der Waals surface area contributed by atoms with Crippen molar-refractivity contribution in [2.75, 3.05) is 42.6 Å². The largest absolute Gasteiger partial charge is 0.433 e. The Hall–Kier alpha value is -3.37. The Labute approximate surface area is 214 Å². The number of anilines is 2. The Kier molecular flexibility index (Phi) is 5.95. The monoisotopic (exact) mass is 531 g/mol. The number of nitrogens with zero attached hydrogens (tertiary/aromatic N) is 4. The number of H-pyrrole nitrogens is 1. The van der Waals surface area contributed by atoms with Gasteiger partial charge in [0, 0.05) is 58.7 Å². The Bertz CT molecular complexity index is 1470. The van der Waals surface area contributed by atoms with E-state index in [2.05, 4.69) is 15.0 Å². The second-order valence-electron chi connectivity index (χ2n) is 9.10. The lowest BCUT2D eigenvalue weighted by molar-refractivity contribution is -0.141. The van der Waals surface area contributed by atoms with Gasteiger partial charge in [-0.15, -0.1) is 0 Å². The van der Waals surface area contributed by atoms with Crippen LogP contribution >= 0.6 is 11.6 Å². The maximum absolute atomic E-state index is 15.8. The normalized spacial score (nSPS) is 18.4. The Morgan fingerprint density at radius 2 is 1.84 bits per heavy atom. The lowest BCUT2D eigenvalue weighted by atomic mass is 9.92. The van der Waals surface area contributed by atoms with Gasteiger partial charge in [0.1, 0.15) is 17.6 Å². The highest BCUT2D eigenvalue weighted by Gasteiger charge is 2.37. The zero-order chi connectivity index (χ0) is 25.7. The van der Waals surface area contributed by atoms with Gasteiger partial charge in [-0.1, -0.05) is 17.7 Å². The van der Waals surface area contributed by atoms with E-state index in [9.17, 15) is 13.2 Å². The highest BCUT2D eigenvalue weighted by atomic mass is 35.5. The SMILES string of the molecule is Fc1cc(N2CCOCC2)ccc1C1c2[nH]c3ccc(Cl)cc3c2CCN1c1nccc(C(F)(F)F)n1. The number of ether oxygens (including phenoxy) is 1. The second-order valence-corrected chi connectivity index (χ2v) is 9.53. The van der Waals surface area contributed by atoms with Crippen LogP contribution in [0.5, 0.6) is 0 Å². The molecule has 1 fully saturated rings. The molecule has 0 amide bonds. The first kappa shape index (κ1) is 24.0. The van der Waals surface area contributed by atoms with E-state index in [1.807, 2.05) is 23.1 Å². The van der Waals surface area contributed by atoms with Crippen molar-refractivity contribution < 1.29 is 22.3 Å². The van der Waals surface area contributed by atoms with Crippen LogP contribution in [0.1, 0.15) is 28.6 Å². The fraction of sp³-hybridized carbons (Fsp3) is 0.308. The van der Waals surface area contributed by atoms with Gasteiger partial charge in [-0.2, -0.15) is 13.2 Å². The van der Waals surface area contributed by atoms with Gasteiger partial charge in [0.2, 0.25) is 5.95 Å². The van der Waals surface area contributed by atoms with Gasteiger partial charge in [0.05, 0.1) is 13.2 Å². The average Bonchev–Trinajstić information content (AvgIpc) is 3.26.